The summed E-state index contributed by atoms with van der Waals surface area (Å²) in [4.78, 5) is 11.5. The molecule has 0 aromatic rings. The maximum absolute atomic E-state index is 11.5. The first-order valence-electron chi connectivity index (χ1n) is 5.85. The molecule has 1 aliphatic carbocycles. The summed E-state index contributed by atoms with van der Waals surface area (Å²) < 4.78 is 5.00. The van der Waals surface area contributed by atoms with Crippen LogP contribution in [0.4, 0.5) is 0 Å². The van der Waals surface area contributed by atoms with Crippen LogP contribution in [0.1, 0.15) is 39.5 Å². The van der Waals surface area contributed by atoms with E-state index in [1.807, 2.05) is 0 Å². The van der Waals surface area contributed by atoms with Gasteiger partial charge in [0.2, 0.25) is 0 Å². The number of carboxylic acids is 1. The Kier molecular flexibility index (Phi) is 2.55. The predicted molar refractivity (Wildman–Crippen MR) is 58.1 cm³/mol. The summed E-state index contributed by atoms with van der Waals surface area (Å²) in [7, 11) is 0. The minimum absolute atomic E-state index is 0.166. The molecule has 2 rings (SSSR count). The Morgan fingerprint density at radius 1 is 1.12 bits per heavy atom. The number of aliphatic hydroxyl groups is 1. The Hall–Kier alpha value is -0.610. The molecule has 1 saturated heterocycles. The van der Waals surface area contributed by atoms with Gasteiger partial charge in [-0.25, -0.2) is 0 Å². The molecule has 2 fully saturated rings. The number of rotatable bonds is 2. The van der Waals surface area contributed by atoms with Crippen LogP contribution in [0.25, 0.3) is 0 Å². The Morgan fingerprint density at radius 2 is 1.62 bits per heavy atom. The number of ether oxygens (including phenoxy) is 1. The molecule has 16 heavy (non-hydrogen) atoms. The lowest BCUT2D eigenvalue weighted by molar-refractivity contribution is -0.254. The fraction of sp³-hybridized carbons (Fsp3) is 0.917. The van der Waals surface area contributed by atoms with Gasteiger partial charge in [0.1, 0.15) is 11.0 Å². The molecule has 4 heteroatoms. The molecule has 0 spiro atoms. The summed E-state index contributed by atoms with van der Waals surface area (Å²) in [6.07, 6.45) is 2.80. The molecule has 0 aromatic heterocycles. The van der Waals surface area contributed by atoms with Crippen LogP contribution in [0.3, 0.4) is 0 Å². The van der Waals surface area contributed by atoms with Gasteiger partial charge in [-0.1, -0.05) is 13.8 Å². The van der Waals surface area contributed by atoms with Crippen molar-refractivity contribution in [2.24, 2.45) is 10.8 Å². The summed E-state index contributed by atoms with van der Waals surface area (Å²) >= 11 is 0. The molecule has 0 aromatic carbocycles. The zero-order valence-electron chi connectivity index (χ0n) is 9.95. The number of hydrogen-bond acceptors (Lipinski definition) is 3. The summed E-state index contributed by atoms with van der Waals surface area (Å²) in [6.45, 7) is 4.64. The SMILES string of the molecule is CC1(C)CCC(C(=O)O)(C2(O)COC2)CC1. The van der Waals surface area contributed by atoms with E-state index >= 15 is 0 Å². The van der Waals surface area contributed by atoms with E-state index in [2.05, 4.69) is 13.8 Å². The number of aliphatic carboxylic acids is 1. The Bertz CT molecular complexity index is 294. The third-order valence-corrected chi connectivity index (χ3v) is 4.44. The van der Waals surface area contributed by atoms with E-state index in [9.17, 15) is 15.0 Å². The topological polar surface area (TPSA) is 66.8 Å². The first-order chi connectivity index (χ1) is 7.31. The van der Waals surface area contributed by atoms with Gasteiger partial charge < -0.3 is 14.9 Å². The monoisotopic (exact) mass is 228 g/mol. The van der Waals surface area contributed by atoms with E-state index in [-0.39, 0.29) is 18.6 Å². The van der Waals surface area contributed by atoms with Crippen molar-refractivity contribution in [3.05, 3.63) is 0 Å². The Labute approximate surface area is 95.6 Å². The zero-order chi connectivity index (χ0) is 12.0. The highest BCUT2D eigenvalue weighted by molar-refractivity contribution is 5.77. The summed E-state index contributed by atoms with van der Waals surface area (Å²) in [5.41, 5.74) is -1.93. The fourth-order valence-corrected chi connectivity index (χ4v) is 2.80. The zero-order valence-corrected chi connectivity index (χ0v) is 9.95. The van der Waals surface area contributed by atoms with E-state index in [1.54, 1.807) is 0 Å². The van der Waals surface area contributed by atoms with Crippen molar-refractivity contribution < 1.29 is 19.7 Å². The minimum Gasteiger partial charge on any atom is -0.481 e. The summed E-state index contributed by atoms with van der Waals surface area (Å²) in [5, 5.41) is 19.8. The highest BCUT2D eigenvalue weighted by atomic mass is 16.5. The van der Waals surface area contributed by atoms with Crippen LogP contribution in [-0.2, 0) is 9.53 Å². The van der Waals surface area contributed by atoms with Crippen molar-refractivity contribution in [3.63, 3.8) is 0 Å². The van der Waals surface area contributed by atoms with Crippen LogP contribution < -0.4 is 0 Å². The molecule has 1 heterocycles. The predicted octanol–water partition coefficient (Wildman–Crippen LogP) is 1.42. The van der Waals surface area contributed by atoms with Gasteiger partial charge in [-0.05, 0) is 31.1 Å². The maximum Gasteiger partial charge on any atom is 0.312 e. The van der Waals surface area contributed by atoms with Crippen LogP contribution in [0.15, 0.2) is 0 Å². The quantitative estimate of drug-likeness (QED) is 0.750. The molecule has 0 unspecified atom stereocenters. The van der Waals surface area contributed by atoms with Gasteiger partial charge in [0.15, 0.2) is 0 Å². The van der Waals surface area contributed by atoms with Crippen LogP contribution in [0.2, 0.25) is 0 Å². The van der Waals surface area contributed by atoms with Crippen molar-refractivity contribution in [3.8, 4) is 0 Å². The molecular weight excluding hydrogens is 208 g/mol. The number of carbonyl (C=O) groups is 1. The standard InChI is InChI=1S/C12H20O4/c1-10(2)3-5-11(6-4-10,9(13)14)12(15)7-16-8-12/h15H,3-8H2,1-2H3,(H,13,14). The van der Waals surface area contributed by atoms with Gasteiger partial charge in [0.05, 0.1) is 13.2 Å². The number of hydrogen-bond donors (Lipinski definition) is 2. The van der Waals surface area contributed by atoms with Gasteiger partial charge in [0.25, 0.3) is 0 Å². The number of carboxylic acid groups (broad SMARTS) is 1. The van der Waals surface area contributed by atoms with Crippen molar-refractivity contribution >= 4 is 5.97 Å². The molecule has 1 aliphatic heterocycles. The lowest BCUT2D eigenvalue weighted by Crippen LogP contribution is -2.65. The molecule has 4 nitrogen and oxygen atoms in total. The third-order valence-electron chi connectivity index (χ3n) is 4.44. The maximum atomic E-state index is 11.5. The molecule has 2 N–H and O–H groups in total. The fourth-order valence-electron chi connectivity index (χ4n) is 2.80. The van der Waals surface area contributed by atoms with E-state index < -0.39 is 17.0 Å². The van der Waals surface area contributed by atoms with Crippen molar-refractivity contribution in [2.75, 3.05) is 13.2 Å². The highest BCUT2D eigenvalue weighted by Crippen LogP contribution is 2.52. The van der Waals surface area contributed by atoms with E-state index in [0.29, 0.717) is 12.8 Å². The molecular formula is C12H20O4. The van der Waals surface area contributed by atoms with Gasteiger partial charge in [0, 0.05) is 0 Å². The van der Waals surface area contributed by atoms with Crippen LogP contribution in [-0.4, -0.2) is 35.0 Å². The average molecular weight is 228 g/mol. The second kappa shape index (κ2) is 3.44. The lowest BCUT2D eigenvalue weighted by Gasteiger charge is -2.53. The average Bonchev–Trinajstić information content (AvgIpc) is 2.14. The first-order valence-corrected chi connectivity index (χ1v) is 5.85. The molecule has 0 amide bonds. The first kappa shape index (κ1) is 11.9. The van der Waals surface area contributed by atoms with Crippen molar-refractivity contribution in [1.29, 1.82) is 0 Å². The Balaban J connectivity index is 2.22. The van der Waals surface area contributed by atoms with Gasteiger partial charge >= 0.3 is 5.97 Å². The summed E-state index contributed by atoms with van der Waals surface area (Å²) in [6, 6.07) is 0. The van der Waals surface area contributed by atoms with E-state index in [0.717, 1.165) is 12.8 Å². The summed E-state index contributed by atoms with van der Waals surface area (Å²) in [5.74, 6) is -0.867. The van der Waals surface area contributed by atoms with Crippen LogP contribution >= 0.6 is 0 Å². The molecule has 2 aliphatic rings. The van der Waals surface area contributed by atoms with Crippen molar-refractivity contribution in [1.82, 2.24) is 0 Å². The smallest absolute Gasteiger partial charge is 0.312 e. The van der Waals surface area contributed by atoms with Crippen LogP contribution in [0.5, 0.6) is 0 Å². The van der Waals surface area contributed by atoms with Crippen molar-refractivity contribution in [2.45, 2.75) is 45.1 Å². The largest absolute Gasteiger partial charge is 0.481 e. The molecule has 0 bridgehead atoms. The van der Waals surface area contributed by atoms with Gasteiger partial charge in [-0.3, -0.25) is 4.79 Å². The molecule has 0 atom stereocenters. The van der Waals surface area contributed by atoms with Crippen LogP contribution in [0, 0.1) is 10.8 Å². The van der Waals surface area contributed by atoms with Gasteiger partial charge in [-0.15, -0.1) is 0 Å². The molecule has 92 valence electrons. The van der Waals surface area contributed by atoms with E-state index in [1.165, 1.54) is 0 Å². The normalized spacial score (nSPS) is 30.4. The van der Waals surface area contributed by atoms with E-state index in [4.69, 9.17) is 4.74 Å². The highest BCUT2D eigenvalue weighted by Gasteiger charge is 2.61. The lowest BCUT2D eigenvalue weighted by atomic mass is 9.57. The third kappa shape index (κ3) is 1.55. The second-order valence-corrected chi connectivity index (χ2v) is 6.08. The molecule has 1 saturated carbocycles. The Morgan fingerprint density at radius 3 is 1.94 bits per heavy atom. The minimum atomic E-state index is -1.14. The second-order valence-electron chi connectivity index (χ2n) is 6.08. The molecule has 0 radical (unpaired) electrons. The van der Waals surface area contributed by atoms with Gasteiger partial charge in [-0.2, -0.15) is 0 Å².